The first-order valence-electron chi connectivity index (χ1n) is 21.0. The van der Waals surface area contributed by atoms with E-state index in [1.165, 1.54) is 11.3 Å². The number of carbonyl (C=O) groups is 4. The minimum atomic E-state index is -0.711. The molecule has 2 aromatic rings. The molecule has 5 rings (SSSR count). The predicted octanol–water partition coefficient (Wildman–Crippen LogP) is 5.85. The number of nitrogens with one attached hydrogen (secondary N) is 3. The van der Waals surface area contributed by atoms with Crippen LogP contribution in [0.4, 0.5) is 5.69 Å². The summed E-state index contributed by atoms with van der Waals surface area (Å²) in [6.45, 7) is 10.5. The van der Waals surface area contributed by atoms with Crippen LogP contribution >= 0.6 is 34.2 Å². The van der Waals surface area contributed by atoms with Crippen LogP contribution in [0.1, 0.15) is 96.2 Å². The highest BCUT2D eigenvalue weighted by molar-refractivity contribution is 14.1. The van der Waals surface area contributed by atoms with Crippen LogP contribution < -0.4 is 14.2 Å². The average molecular weight is 936 g/mol. The monoisotopic (exact) mass is 935 g/mol. The Bertz CT molecular complexity index is 1660. The van der Waals surface area contributed by atoms with Crippen LogP contribution in [0.15, 0.2) is 35.8 Å². The van der Waals surface area contributed by atoms with Crippen molar-refractivity contribution in [1.82, 2.24) is 30.3 Å². The summed E-state index contributed by atoms with van der Waals surface area (Å²) in [5.41, 5.74) is 2.07. The van der Waals surface area contributed by atoms with Crippen LogP contribution in [0.5, 0.6) is 0 Å². The first-order valence-corrected chi connectivity index (χ1v) is 23.0. The number of piperidine rings is 1. The number of hydrogen-bond acceptors (Lipinski definition) is 10. The Morgan fingerprint density at radius 2 is 1.76 bits per heavy atom. The Balaban J connectivity index is 1.27. The Labute approximate surface area is 363 Å². The van der Waals surface area contributed by atoms with E-state index in [0.29, 0.717) is 31.3 Å². The van der Waals surface area contributed by atoms with Gasteiger partial charge in [-0.3, -0.25) is 24.1 Å². The van der Waals surface area contributed by atoms with E-state index in [1.807, 2.05) is 62.4 Å². The number of amides is 4. The molecule has 11 unspecified atom stereocenters. The topological polar surface area (TPSA) is 145 Å². The number of methoxy groups -OCH3 is 2. The van der Waals surface area contributed by atoms with Gasteiger partial charge in [-0.1, -0.05) is 53.2 Å². The highest BCUT2D eigenvalue weighted by atomic mass is 127. The quantitative estimate of drug-likeness (QED) is 0.110. The van der Waals surface area contributed by atoms with E-state index >= 15 is 0 Å². The maximum Gasteiger partial charge on any atom is 0.245 e. The third-order valence-electron chi connectivity index (χ3n) is 13.2. The standard InChI is InChI=1S/C43H66IN7O6S/c1-10-26(4)37(50(7)43(55)36(25(2)3)47-41(54)38-29-15-18-31(23-29)49(38)6)34(56-8)24-35(52)51-20-11-12-33(51)39(57-9)27(5)40(53)46-32(42-45-19-21-58-42)22-28-13-16-30(48-44)17-14-28/h13-14,16-17,19,21,25-27,29,31-34,36-39,48H,10-12,15,18,20,22-24H2,1-9H3,(H,46,53)(H,47,54). The second-order valence-corrected chi connectivity index (χ2v) is 18.5. The minimum Gasteiger partial charge on any atom is -0.379 e. The molecule has 1 aromatic heterocycles. The van der Waals surface area contributed by atoms with Gasteiger partial charge in [-0.2, -0.15) is 0 Å². The van der Waals surface area contributed by atoms with Gasteiger partial charge in [0.1, 0.15) is 11.0 Å². The van der Waals surface area contributed by atoms with E-state index in [4.69, 9.17) is 9.47 Å². The average Bonchev–Trinajstić information content (AvgIpc) is 4.06. The first kappa shape index (κ1) is 46.2. The van der Waals surface area contributed by atoms with Gasteiger partial charge in [-0.25, -0.2) is 4.98 Å². The number of hydrogen-bond donors (Lipinski definition) is 3. The Kier molecular flexibility index (Phi) is 16.8. The van der Waals surface area contributed by atoms with Crippen LogP contribution in [-0.2, 0) is 35.1 Å². The van der Waals surface area contributed by atoms with Gasteiger partial charge in [0.2, 0.25) is 23.6 Å². The van der Waals surface area contributed by atoms with Crippen molar-refractivity contribution < 1.29 is 28.7 Å². The lowest BCUT2D eigenvalue weighted by molar-refractivity contribution is -0.148. The molecule has 58 heavy (non-hydrogen) atoms. The second kappa shape index (κ2) is 21.1. The zero-order valence-corrected chi connectivity index (χ0v) is 38.8. The fraction of sp³-hybridized carbons (Fsp3) is 0.698. The smallest absolute Gasteiger partial charge is 0.245 e. The normalized spacial score (nSPS) is 24.2. The number of ether oxygens (including phenoxy) is 2. The van der Waals surface area contributed by atoms with Gasteiger partial charge in [0.05, 0.1) is 71.6 Å². The minimum absolute atomic E-state index is 0.00315. The first-order chi connectivity index (χ1) is 27.7. The molecule has 3 fully saturated rings. The molecule has 1 aromatic carbocycles. The molecule has 2 saturated heterocycles. The van der Waals surface area contributed by atoms with Crippen molar-refractivity contribution >= 4 is 63.5 Å². The molecule has 2 aliphatic heterocycles. The third-order valence-corrected chi connectivity index (χ3v) is 14.7. The summed E-state index contributed by atoms with van der Waals surface area (Å²) in [5.74, 6) is -0.902. The molecule has 4 amide bonds. The van der Waals surface area contributed by atoms with Gasteiger partial charge in [-0.15, -0.1) is 11.3 Å². The molecular weight excluding hydrogens is 869 g/mol. The van der Waals surface area contributed by atoms with E-state index in [-0.39, 0.29) is 60.0 Å². The van der Waals surface area contributed by atoms with Crippen molar-refractivity contribution in [2.24, 2.45) is 23.7 Å². The van der Waals surface area contributed by atoms with Gasteiger partial charge < -0.3 is 33.4 Å². The summed E-state index contributed by atoms with van der Waals surface area (Å²) in [7, 11) is 6.99. The van der Waals surface area contributed by atoms with Crippen molar-refractivity contribution in [3.8, 4) is 0 Å². The fourth-order valence-electron chi connectivity index (χ4n) is 9.73. The van der Waals surface area contributed by atoms with Gasteiger partial charge in [0.25, 0.3) is 0 Å². The molecule has 3 heterocycles. The zero-order valence-electron chi connectivity index (χ0n) is 35.8. The molecule has 11 atom stereocenters. The summed E-state index contributed by atoms with van der Waals surface area (Å²) in [5, 5.41) is 9.13. The summed E-state index contributed by atoms with van der Waals surface area (Å²) in [6, 6.07) is 6.55. The molecule has 3 aliphatic rings. The molecule has 3 N–H and O–H groups in total. The van der Waals surface area contributed by atoms with Gasteiger partial charge >= 0.3 is 0 Å². The van der Waals surface area contributed by atoms with Crippen LogP contribution in [-0.4, -0.2) is 121 Å². The molecule has 322 valence electrons. The number of nitrogens with zero attached hydrogens (tertiary/aromatic N) is 4. The molecule has 1 saturated carbocycles. The number of likely N-dealkylation sites (N-methyl/N-ethyl adjacent to an activating group) is 2. The number of likely N-dealkylation sites (tertiary alicyclic amines) is 2. The van der Waals surface area contributed by atoms with Crippen molar-refractivity contribution in [3.63, 3.8) is 0 Å². The zero-order chi connectivity index (χ0) is 42.3. The van der Waals surface area contributed by atoms with Crippen LogP contribution in [0, 0.1) is 23.7 Å². The number of carbonyl (C=O) groups excluding carboxylic acids is 4. The number of anilines is 1. The largest absolute Gasteiger partial charge is 0.379 e. The Morgan fingerprint density at radius 1 is 1.03 bits per heavy atom. The number of aromatic nitrogens is 1. The van der Waals surface area contributed by atoms with E-state index < -0.39 is 30.2 Å². The van der Waals surface area contributed by atoms with E-state index in [9.17, 15) is 19.2 Å². The summed E-state index contributed by atoms with van der Waals surface area (Å²) >= 11 is 3.61. The third kappa shape index (κ3) is 10.5. The summed E-state index contributed by atoms with van der Waals surface area (Å²) in [6.07, 6.45) is 6.69. The second-order valence-electron chi connectivity index (χ2n) is 17.1. The lowest BCUT2D eigenvalue weighted by atomic mass is 9.89. The van der Waals surface area contributed by atoms with Crippen molar-refractivity contribution in [1.29, 1.82) is 0 Å². The molecule has 13 nitrogen and oxygen atoms in total. The fourth-order valence-corrected chi connectivity index (χ4v) is 10.8. The number of benzene rings is 1. The van der Waals surface area contributed by atoms with Crippen LogP contribution in [0.3, 0.4) is 0 Å². The van der Waals surface area contributed by atoms with Crippen molar-refractivity contribution in [3.05, 3.63) is 46.4 Å². The molecule has 0 spiro atoms. The van der Waals surface area contributed by atoms with E-state index in [1.54, 1.807) is 32.4 Å². The molecule has 2 bridgehead atoms. The Hall–Kier alpha value is -2.86. The van der Waals surface area contributed by atoms with Crippen molar-refractivity contribution in [2.45, 2.75) is 134 Å². The number of thiazole rings is 1. The van der Waals surface area contributed by atoms with Crippen molar-refractivity contribution in [2.75, 3.05) is 38.4 Å². The van der Waals surface area contributed by atoms with Gasteiger partial charge in [-0.05, 0) is 81.0 Å². The van der Waals surface area contributed by atoms with Crippen LogP contribution in [0.25, 0.3) is 0 Å². The lowest BCUT2D eigenvalue weighted by Crippen LogP contribution is -2.60. The summed E-state index contributed by atoms with van der Waals surface area (Å²) < 4.78 is 15.3. The maximum atomic E-state index is 14.4. The predicted molar refractivity (Wildman–Crippen MR) is 236 cm³/mol. The molecule has 15 heteroatoms. The number of rotatable bonds is 20. The number of halogens is 1. The van der Waals surface area contributed by atoms with E-state index in [0.717, 1.165) is 48.4 Å². The highest BCUT2D eigenvalue weighted by Gasteiger charge is 2.49. The molecule has 1 aliphatic carbocycles. The maximum absolute atomic E-state index is 14.4. The number of fused-ring (bicyclic) bond motifs is 2. The Morgan fingerprint density at radius 3 is 2.33 bits per heavy atom. The lowest BCUT2D eigenvalue weighted by Gasteiger charge is -2.41. The SMILES string of the molecule is CCC(C)C(C(CC(=O)N1CCCC1C(OC)C(C)C(=O)NC(Cc1ccc(NI)cc1)c1nccs1)OC)N(C)C(=O)C(NC(=O)C1C2CCC(C2)N1C)C(C)C. The summed E-state index contributed by atoms with van der Waals surface area (Å²) in [4.78, 5) is 66.7. The molecule has 0 radical (unpaired) electrons. The molecular formula is C43H66IN7O6S. The van der Waals surface area contributed by atoms with E-state index in [2.05, 4.69) is 60.8 Å². The van der Waals surface area contributed by atoms with Crippen LogP contribution in [0.2, 0.25) is 0 Å². The van der Waals surface area contributed by atoms with Gasteiger partial charge in [0.15, 0.2) is 0 Å². The van der Waals surface area contributed by atoms with Gasteiger partial charge in [0, 0.05) is 51.1 Å². The highest BCUT2D eigenvalue weighted by Crippen LogP contribution is 2.41.